The molecule has 1 aromatic rings. The molecule has 0 saturated heterocycles. The Labute approximate surface area is 114 Å². The Bertz CT molecular complexity index is 432. The molecule has 1 aliphatic rings. The predicted molar refractivity (Wildman–Crippen MR) is 75.7 cm³/mol. The molecule has 19 heavy (non-hydrogen) atoms. The summed E-state index contributed by atoms with van der Waals surface area (Å²) in [6.45, 7) is 5.24. The summed E-state index contributed by atoms with van der Waals surface area (Å²) in [5.74, 6) is 0.872. The van der Waals surface area contributed by atoms with E-state index in [1.165, 1.54) is 38.3 Å². The Morgan fingerprint density at radius 3 is 2.74 bits per heavy atom. The van der Waals surface area contributed by atoms with Crippen LogP contribution in [0.25, 0.3) is 0 Å². The number of carbonyl (C=O) groups excluding carboxylic acids is 1. The van der Waals surface area contributed by atoms with Crippen LogP contribution in [0.5, 0.6) is 0 Å². The van der Waals surface area contributed by atoms with Gasteiger partial charge in [0.1, 0.15) is 11.4 Å². The fourth-order valence-corrected chi connectivity index (χ4v) is 3.28. The molecule has 2 rings (SSSR count). The number of hydrogen-bond donors (Lipinski definition) is 3. The van der Waals surface area contributed by atoms with E-state index in [2.05, 4.69) is 29.4 Å². The first-order chi connectivity index (χ1) is 9.02. The summed E-state index contributed by atoms with van der Waals surface area (Å²) in [5, 5.41) is 9.40. The van der Waals surface area contributed by atoms with Gasteiger partial charge in [-0.25, -0.2) is 0 Å². The van der Waals surface area contributed by atoms with Gasteiger partial charge in [-0.15, -0.1) is 0 Å². The number of nitrogens with two attached hydrogens (primary N) is 1. The molecule has 1 saturated carbocycles. The molecular formula is C14H24N4O. The number of carbonyl (C=O) groups is 1. The minimum atomic E-state index is -0.124. The smallest absolute Gasteiger partial charge is 0.256 e. The number of hydrogen-bond acceptors (Lipinski definition) is 3. The van der Waals surface area contributed by atoms with Crippen LogP contribution in [-0.2, 0) is 0 Å². The van der Waals surface area contributed by atoms with E-state index in [1.54, 1.807) is 0 Å². The third kappa shape index (κ3) is 3.28. The minimum Gasteiger partial charge on any atom is -0.383 e. The van der Waals surface area contributed by atoms with Crippen molar-refractivity contribution in [3.05, 3.63) is 11.8 Å². The van der Waals surface area contributed by atoms with Crippen LogP contribution in [-0.4, -0.2) is 22.6 Å². The summed E-state index contributed by atoms with van der Waals surface area (Å²) in [6, 6.07) is 0. The minimum absolute atomic E-state index is 0.124. The van der Waals surface area contributed by atoms with E-state index >= 15 is 0 Å². The highest BCUT2D eigenvalue weighted by atomic mass is 16.1. The van der Waals surface area contributed by atoms with Gasteiger partial charge in [0.2, 0.25) is 0 Å². The zero-order valence-electron chi connectivity index (χ0n) is 11.8. The van der Waals surface area contributed by atoms with E-state index < -0.39 is 0 Å². The summed E-state index contributed by atoms with van der Waals surface area (Å²) in [7, 11) is 0. The molecule has 5 nitrogen and oxygen atoms in total. The average molecular weight is 264 g/mol. The first-order valence-electron chi connectivity index (χ1n) is 7.09. The van der Waals surface area contributed by atoms with Crippen molar-refractivity contribution in [1.29, 1.82) is 0 Å². The van der Waals surface area contributed by atoms with Crippen molar-refractivity contribution < 1.29 is 4.79 Å². The van der Waals surface area contributed by atoms with Crippen LogP contribution in [0.4, 0.5) is 5.82 Å². The molecule has 1 amide bonds. The van der Waals surface area contributed by atoms with Gasteiger partial charge < -0.3 is 11.1 Å². The number of rotatable bonds is 5. The van der Waals surface area contributed by atoms with Crippen LogP contribution >= 0.6 is 0 Å². The lowest BCUT2D eigenvalue weighted by Gasteiger charge is -2.31. The normalized spacial score (nSPS) is 17.8. The largest absolute Gasteiger partial charge is 0.383 e. The van der Waals surface area contributed by atoms with Gasteiger partial charge in [0.05, 0.1) is 6.20 Å². The lowest BCUT2D eigenvalue weighted by Crippen LogP contribution is -2.37. The molecule has 106 valence electrons. The lowest BCUT2D eigenvalue weighted by atomic mass is 9.78. The van der Waals surface area contributed by atoms with Gasteiger partial charge in [-0.1, -0.05) is 26.7 Å². The lowest BCUT2D eigenvalue weighted by molar-refractivity contribution is 0.0923. The molecule has 1 aromatic heterocycles. The molecule has 4 N–H and O–H groups in total. The molecule has 0 unspecified atom stereocenters. The maximum Gasteiger partial charge on any atom is 0.256 e. The van der Waals surface area contributed by atoms with Crippen molar-refractivity contribution in [1.82, 2.24) is 15.5 Å². The molecule has 5 heteroatoms. The Hall–Kier alpha value is -1.52. The number of nitrogens with zero attached hydrogens (tertiary/aromatic N) is 1. The fraction of sp³-hybridized carbons (Fsp3) is 0.714. The van der Waals surface area contributed by atoms with Gasteiger partial charge in [0.15, 0.2) is 0 Å². The highest BCUT2D eigenvalue weighted by Gasteiger charge is 2.34. The van der Waals surface area contributed by atoms with Gasteiger partial charge in [0.25, 0.3) is 5.91 Å². The number of anilines is 1. The molecule has 0 spiro atoms. The summed E-state index contributed by atoms with van der Waals surface area (Å²) in [5.41, 5.74) is 6.38. The van der Waals surface area contributed by atoms with Crippen LogP contribution in [0, 0.1) is 11.3 Å². The molecule has 0 aliphatic heterocycles. The average Bonchev–Trinajstić information content (AvgIpc) is 2.95. The van der Waals surface area contributed by atoms with Crippen LogP contribution in [0.3, 0.4) is 0 Å². The Morgan fingerprint density at radius 2 is 2.21 bits per heavy atom. The van der Waals surface area contributed by atoms with Crippen molar-refractivity contribution in [2.24, 2.45) is 11.3 Å². The second-order valence-corrected chi connectivity index (χ2v) is 6.19. The van der Waals surface area contributed by atoms with E-state index in [0.29, 0.717) is 17.3 Å². The third-order valence-electron chi connectivity index (χ3n) is 4.04. The second kappa shape index (κ2) is 5.63. The predicted octanol–water partition coefficient (Wildman–Crippen LogP) is 2.33. The van der Waals surface area contributed by atoms with E-state index in [0.717, 1.165) is 6.54 Å². The Kier molecular flexibility index (Phi) is 4.12. The van der Waals surface area contributed by atoms with Crippen LogP contribution in [0.1, 0.15) is 56.3 Å². The fourth-order valence-electron chi connectivity index (χ4n) is 3.28. The third-order valence-corrected chi connectivity index (χ3v) is 4.04. The van der Waals surface area contributed by atoms with Crippen molar-refractivity contribution in [2.45, 2.75) is 46.0 Å². The molecular weight excluding hydrogens is 240 g/mol. The topological polar surface area (TPSA) is 83.8 Å². The zero-order valence-corrected chi connectivity index (χ0v) is 11.8. The van der Waals surface area contributed by atoms with Gasteiger partial charge in [-0.2, -0.15) is 5.10 Å². The number of amides is 1. The summed E-state index contributed by atoms with van der Waals surface area (Å²) < 4.78 is 0. The van der Waals surface area contributed by atoms with Crippen molar-refractivity contribution >= 4 is 11.7 Å². The highest BCUT2D eigenvalue weighted by molar-refractivity contribution is 5.98. The van der Waals surface area contributed by atoms with Crippen molar-refractivity contribution in [3.63, 3.8) is 0 Å². The molecule has 0 atom stereocenters. The molecule has 0 radical (unpaired) electrons. The van der Waals surface area contributed by atoms with Crippen LogP contribution in [0.15, 0.2) is 6.20 Å². The molecule has 1 heterocycles. The van der Waals surface area contributed by atoms with Gasteiger partial charge in [-0.05, 0) is 30.6 Å². The number of H-pyrrole nitrogens is 1. The van der Waals surface area contributed by atoms with Crippen LogP contribution < -0.4 is 11.1 Å². The first kappa shape index (κ1) is 13.9. The molecule has 1 fully saturated rings. The zero-order chi connectivity index (χ0) is 13.9. The van der Waals surface area contributed by atoms with Crippen LogP contribution in [0.2, 0.25) is 0 Å². The maximum atomic E-state index is 12.1. The van der Waals surface area contributed by atoms with E-state index in [4.69, 9.17) is 5.73 Å². The highest BCUT2D eigenvalue weighted by Crippen LogP contribution is 2.42. The number of aromatic nitrogens is 2. The molecule has 0 aromatic carbocycles. The van der Waals surface area contributed by atoms with E-state index in [1.807, 2.05) is 0 Å². The Balaban J connectivity index is 1.96. The Morgan fingerprint density at radius 1 is 1.53 bits per heavy atom. The van der Waals surface area contributed by atoms with Gasteiger partial charge in [-0.3, -0.25) is 9.89 Å². The summed E-state index contributed by atoms with van der Waals surface area (Å²) >= 11 is 0. The summed E-state index contributed by atoms with van der Waals surface area (Å²) in [6.07, 6.45) is 7.63. The molecule has 0 bridgehead atoms. The number of nitrogens with one attached hydrogen (secondary N) is 2. The van der Waals surface area contributed by atoms with E-state index in [9.17, 15) is 4.79 Å². The first-order valence-corrected chi connectivity index (χ1v) is 7.09. The second-order valence-electron chi connectivity index (χ2n) is 6.19. The number of nitrogen functional groups attached to an aromatic ring is 1. The number of aromatic amines is 1. The SMILES string of the molecule is CC(C)CC1(CNC(=O)c2cn[nH]c2N)CCCC1. The monoisotopic (exact) mass is 264 g/mol. The maximum absolute atomic E-state index is 12.1. The standard InChI is InChI=1S/C14H24N4O/c1-10(2)7-14(5-3-4-6-14)9-16-13(19)11-8-17-18-12(11)15/h8,10H,3-7,9H2,1-2H3,(H,16,19)(H3,15,17,18). The molecule has 1 aliphatic carbocycles. The van der Waals surface area contributed by atoms with E-state index in [-0.39, 0.29) is 11.3 Å². The quantitative estimate of drug-likeness (QED) is 0.763. The van der Waals surface area contributed by atoms with Crippen molar-refractivity contribution in [2.75, 3.05) is 12.3 Å². The summed E-state index contributed by atoms with van der Waals surface area (Å²) in [4.78, 5) is 12.1. The van der Waals surface area contributed by atoms with Crippen molar-refractivity contribution in [3.8, 4) is 0 Å². The van der Waals surface area contributed by atoms with Gasteiger partial charge in [0, 0.05) is 6.54 Å². The van der Waals surface area contributed by atoms with Gasteiger partial charge >= 0.3 is 0 Å².